The minimum atomic E-state index is 0.738. The lowest BCUT2D eigenvalue weighted by molar-refractivity contribution is 0.124. The molecule has 2 heterocycles. The van der Waals surface area contributed by atoms with Crippen LogP contribution in [0, 0.1) is 5.92 Å². The van der Waals surface area contributed by atoms with E-state index in [2.05, 4.69) is 29.1 Å². The lowest BCUT2D eigenvalue weighted by atomic mass is 9.92. The van der Waals surface area contributed by atoms with Crippen molar-refractivity contribution >= 4 is 0 Å². The molecule has 0 aromatic heterocycles. The van der Waals surface area contributed by atoms with Crippen molar-refractivity contribution in [3.8, 4) is 0 Å². The first-order chi connectivity index (χ1) is 7.25. The van der Waals surface area contributed by atoms with Crippen LogP contribution in [0.3, 0.4) is 0 Å². The van der Waals surface area contributed by atoms with E-state index >= 15 is 0 Å². The highest BCUT2D eigenvalue weighted by molar-refractivity contribution is 4.83. The molecule has 0 radical (unpaired) electrons. The van der Waals surface area contributed by atoms with Crippen LogP contribution in [0.5, 0.6) is 0 Å². The summed E-state index contributed by atoms with van der Waals surface area (Å²) in [7, 11) is 2.22. The third-order valence-electron chi connectivity index (χ3n) is 3.98. The number of hydrogen-bond donors (Lipinski definition) is 1. The van der Waals surface area contributed by atoms with Crippen molar-refractivity contribution in [1.29, 1.82) is 0 Å². The van der Waals surface area contributed by atoms with E-state index in [-0.39, 0.29) is 0 Å². The fraction of sp³-hybridized carbons (Fsp3) is 1.00. The molecule has 2 aliphatic heterocycles. The molecule has 15 heavy (non-hydrogen) atoms. The van der Waals surface area contributed by atoms with Crippen molar-refractivity contribution in [2.45, 2.75) is 25.8 Å². The van der Waals surface area contributed by atoms with Gasteiger partial charge in [0.2, 0.25) is 0 Å². The third-order valence-corrected chi connectivity index (χ3v) is 3.98. The Balaban J connectivity index is 1.75. The number of nitrogens with one attached hydrogen (secondary N) is 1. The standard InChI is InChI=1S/C12H25N3/c1-11-4-3-5-13-12(11)10-15-8-6-14(2)7-9-15/h11-13H,3-10H2,1-2H3. The average molecular weight is 211 g/mol. The molecule has 0 saturated carbocycles. The van der Waals surface area contributed by atoms with Gasteiger partial charge in [-0.2, -0.15) is 0 Å². The molecule has 2 aliphatic rings. The molecule has 0 aromatic rings. The maximum atomic E-state index is 3.67. The number of hydrogen-bond acceptors (Lipinski definition) is 3. The zero-order chi connectivity index (χ0) is 10.7. The topological polar surface area (TPSA) is 18.5 Å². The van der Waals surface area contributed by atoms with Crippen LogP contribution in [0.25, 0.3) is 0 Å². The van der Waals surface area contributed by atoms with Gasteiger partial charge in [0.1, 0.15) is 0 Å². The quantitative estimate of drug-likeness (QED) is 0.722. The minimum Gasteiger partial charge on any atom is -0.312 e. The Kier molecular flexibility index (Phi) is 4.00. The lowest BCUT2D eigenvalue weighted by Gasteiger charge is -2.38. The molecule has 2 fully saturated rings. The summed E-state index contributed by atoms with van der Waals surface area (Å²) in [6.07, 6.45) is 2.77. The molecule has 2 rings (SSSR count). The maximum Gasteiger partial charge on any atom is 0.0220 e. The molecule has 0 aliphatic carbocycles. The summed E-state index contributed by atoms with van der Waals surface area (Å²) in [6.45, 7) is 9.86. The molecule has 1 N–H and O–H groups in total. The van der Waals surface area contributed by atoms with Gasteiger partial charge >= 0.3 is 0 Å². The maximum absolute atomic E-state index is 3.67. The van der Waals surface area contributed by atoms with Gasteiger partial charge in [-0.1, -0.05) is 6.92 Å². The van der Waals surface area contributed by atoms with Crippen molar-refractivity contribution in [2.75, 3.05) is 46.3 Å². The Labute approximate surface area is 93.8 Å². The van der Waals surface area contributed by atoms with Crippen LogP contribution >= 0.6 is 0 Å². The van der Waals surface area contributed by atoms with Crippen molar-refractivity contribution < 1.29 is 0 Å². The van der Waals surface area contributed by atoms with Crippen molar-refractivity contribution in [2.24, 2.45) is 5.92 Å². The Hall–Kier alpha value is -0.120. The highest BCUT2D eigenvalue weighted by atomic mass is 15.3. The fourth-order valence-electron chi connectivity index (χ4n) is 2.67. The summed E-state index contributed by atoms with van der Waals surface area (Å²) < 4.78 is 0. The summed E-state index contributed by atoms with van der Waals surface area (Å²) >= 11 is 0. The predicted octanol–water partition coefficient (Wildman–Crippen LogP) is 0.622. The highest BCUT2D eigenvalue weighted by Crippen LogP contribution is 2.16. The largest absolute Gasteiger partial charge is 0.312 e. The SMILES string of the molecule is CC1CCCNC1CN1CCN(C)CC1. The molecule has 88 valence electrons. The van der Waals surface area contributed by atoms with Gasteiger partial charge in [0.25, 0.3) is 0 Å². The van der Waals surface area contributed by atoms with Gasteiger partial charge in [-0.25, -0.2) is 0 Å². The first-order valence-electron chi connectivity index (χ1n) is 6.40. The molecule has 2 saturated heterocycles. The summed E-state index contributed by atoms with van der Waals surface area (Å²) in [5.41, 5.74) is 0. The molecule has 3 nitrogen and oxygen atoms in total. The predicted molar refractivity (Wildman–Crippen MR) is 64.1 cm³/mol. The molecule has 0 spiro atoms. The summed E-state index contributed by atoms with van der Waals surface area (Å²) in [5.74, 6) is 0.860. The molecular formula is C12H25N3. The second-order valence-electron chi connectivity index (χ2n) is 5.28. The second kappa shape index (κ2) is 5.28. The minimum absolute atomic E-state index is 0.738. The molecule has 0 amide bonds. The van der Waals surface area contributed by atoms with Gasteiger partial charge in [-0.3, -0.25) is 4.90 Å². The van der Waals surface area contributed by atoms with Crippen LogP contribution < -0.4 is 5.32 Å². The van der Waals surface area contributed by atoms with E-state index in [1.54, 1.807) is 0 Å². The van der Waals surface area contributed by atoms with Crippen LogP contribution in [0.2, 0.25) is 0 Å². The van der Waals surface area contributed by atoms with Gasteiger partial charge in [0.05, 0.1) is 0 Å². The zero-order valence-electron chi connectivity index (χ0n) is 10.2. The molecule has 0 aromatic carbocycles. The number of rotatable bonds is 2. The van der Waals surface area contributed by atoms with E-state index in [4.69, 9.17) is 0 Å². The number of likely N-dealkylation sites (N-methyl/N-ethyl adjacent to an activating group) is 1. The van der Waals surface area contributed by atoms with Crippen LogP contribution in [0.1, 0.15) is 19.8 Å². The normalized spacial score (nSPS) is 35.6. The van der Waals surface area contributed by atoms with Gasteiger partial charge in [0.15, 0.2) is 0 Å². The first-order valence-corrected chi connectivity index (χ1v) is 6.40. The molecule has 3 heteroatoms. The molecular weight excluding hydrogens is 186 g/mol. The van der Waals surface area contributed by atoms with Gasteiger partial charge < -0.3 is 10.2 Å². The Morgan fingerprint density at radius 1 is 1.20 bits per heavy atom. The molecule has 0 bridgehead atoms. The van der Waals surface area contributed by atoms with Crippen LogP contribution in [0.4, 0.5) is 0 Å². The van der Waals surface area contributed by atoms with Crippen molar-refractivity contribution in [3.63, 3.8) is 0 Å². The van der Waals surface area contributed by atoms with E-state index in [9.17, 15) is 0 Å². The van der Waals surface area contributed by atoms with Gasteiger partial charge in [0, 0.05) is 38.8 Å². The van der Waals surface area contributed by atoms with E-state index in [0.717, 1.165) is 12.0 Å². The van der Waals surface area contributed by atoms with Crippen molar-refractivity contribution in [3.05, 3.63) is 0 Å². The smallest absolute Gasteiger partial charge is 0.0220 e. The Morgan fingerprint density at radius 2 is 1.93 bits per heavy atom. The number of piperazine rings is 1. The zero-order valence-corrected chi connectivity index (χ0v) is 10.2. The van der Waals surface area contributed by atoms with Crippen LogP contribution in [0.15, 0.2) is 0 Å². The fourth-order valence-corrected chi connectivity index (χ4v) is 2.67. The summed E-state index contributed by atoms with van der Waals surface area (Å²) in [5, 5.41) is 3.67. The van der Waals surface area contributed by atoms with E-state index in [1.807, 2.05) is 0 Å². The summed E-state index contributed by atoms with van der Waals surface area (Å²) in [6, 6.07) is 0.738. The van der Waals surface area contributed by atoms with Gasteiger partial charge in [-0.05, 0) is 32.4 Å². The average Bonchev–Trinajstić information content (AvgIpc) is 2.25. The second-order valence-corrected chi connectivity index (χ2v) is 5.28. The lowest BCUT2D eigenvalue weighted by Crippen LogP contribution is -2.52. The van der Waals surface area contributed by atoms with Crippen LogP contribution in [-0.2, 0) is 0 Å². The number of piperidine rings is 1. The molecule has 2 atom stereocenters. The van der Waals surface area contributed by atoms with E-state index in [1.165, 1.54) is 52.1 Å². The Bertz CT molecular complexity index is 187. The number of nitrogens with zero attached hydrogens (tertiary/aromatic N) is 2. The Morgan fingerprint density at radius 3 is 2.60 bits per heavy atom. The first kappa shape index (κ1) is 11.4. The van der Waals surface area contributed by atoms with Crippen LogP contribution in [-0.4, -0.2) is 62.2 Å². The van der Waals surface area contributed by atoms with Crippen molar-refractivity contribution in [1.82, 2.24) is 15.1 Å². The highest BCUT2D eigenvalue weighted by Gasteiger charge is 2.24. The summed E-state index contributed by atoms with van der Waals surface area (Å²) in [4.78, 5) is 5.05. The molecule has 2 unspecified atom stereocenters. The van der Waals surface area contributed by atoms with E-state index < -0.39 is 0 Å². The van der Waals surface area contributed by atoms with E-state index in [0.29, 0.717) is 0 Å². The monoisotopic (exact) mass is 211 g/mol. The third kappa shape index (κ3) is 3.16. The van der Waals surface area contributed by atoms with Gasteiger partial charge in [-0.15, -0.1) is 0 Å².